The Morgan fingerprint density at radius 3 is 2.63 bits per heavy atom. The van der Waals surface area contributed by atoms with Gasteiger partial charge in [0.25, 0.3) is 5.91 Å². The van der Waals surface area contributed by atoms with Crippen LogP contribution in [-0.4, -0.2) is 82.7 Å². The van der Waals surface area contributed by atoms with Crippen LogP contribution < -0.4 is 24.3 Å². The number of carbonyl (C=O) groups excluding carboxylic acids is 2. The van der Waals surface area contributed by atoms with Gasteiger partial charge in [0.15, 0.2) is 23.0 Å². The monoisotopic (exact) mass is 650 g/mol. The predicted octanol–water partition coefficient (Wildman–Crippen LogP) is 3.35. The van der Waals surface area contributed by atoms with Gasteiger partial charge in [-0.2, -0.15) is 0 Å². The van der Waals surface area contributed by atoms with E-state index in [1.807, 2.05) is 31.9 Å². The molecule has 2 unspecified atom stereocenters. The fourth-order valence-corrected chi connectivity index (χ4v) is 8.17. The van der Waals surface area contributed by atoms with Crippen molar-refractivity contribution in [1.82, 2.24) is 20.1 Å². The first-order chi connectivity index (χ1) is 22.0. The molecule has 1 aromatic heterocycles. The molecule has 1 amide bonds. The zero-order chi connectivity index (χ0) is 32.6. The lowest BCUT2D eigenvalue weighted by molar-refractivity contribution is -0.171. The molecule has 3 N–H and O–H groups in total. The van der Waals surface area contributed by atoms with Crippen LogP contribution in [0.5, 0.6) is 28.7 Å². The Kier molecular flexibility index (Phi) is 7.51. The van der Waals surface area contributed by atoms with Crippen LogP contribution >= 0.6 is 11.6 Å². The van der Waals surface area contributed by atoms with Gasteiger partial charge in [0.05, 0.1) is 30.8 Å². The van der Waals surface area contributed by atoms with E-state index in [0.717, 1.165) is 16.7 Å². The normalized spacial score (nSPS) is 24.5. The van der Waals surface area contributed by atoms with Crippen LogP contribution in [0, 0.1) is 13.8 Å². The van der Waals surface area contributed by atoms with Crippen LogP contribution in [-0.2, 0) is 17.6 Å². The maximum absolute atomic E-state index is 13.4. The van der Waals surface area contributed by atoms with Gasteiger partial charge in [-0.1, -0.05) is 17.7 Å². The van der Waals surface area contributed by atoms with Crippen molar-refractivity contribution in [3.63, 3.8) is 0 Å². The number of piperazine rings is 1. The number of aryl methyl sites for hydroxylation is 1. The number of nitrogens with one attached hydrogen (secondary N) is 1. The number of hydrogen-bond donors (Lipinski definition) is 3. The summed E-state index contributed by atoms with van der Waals surface area (Å²) in [5.41, 5.74) is 4.67. The number of rotatable bonds is 5. The molecule has 7 rings (SSSR count). The maximum Gasteiger partial charge on any atom is 0.308 e. The van der Waals surface area contributed by atoms with Crippen LogP contribution in [0.3, 0.4) is 0 Å². The van der Waals surface area contributed by atoms with Gasteiger partial charge >= 0.3 is 5.97 Å². The van der Waals surface area contributed by atoms with Gasteiger partial charge in [0.1, 0.15) is 17.1 Å². The first kappa shape index (κ1) is 30.5. The molecular weight excluding hydrogens is 616 g/mol. The summed E-state index contributed by atoms with van der Waals surface area (Å²) < 4.78 is 23.4. The summed E-state index contributed by atoms with van der Waals surface area (Å²) in [4.78, 5) is 34.0. The van der Waals surface area contributed by atoms with E-state index < -0.39 is 30.2 Å². The van der Waals surface area contributed by atoms with Gasteiger partial charge in [-0.05, 0) is 57.0 Å². The number of hydrogen-bond acceptors (Lipinski definition) is 11. The molecule has 2 aromatic carbocycles. The molecule has 0 aliphatic carbocycles. The SMILES string of the molecule is COc1c(C)cc2c(c1O)[C@@H]1C3Cc4c(OC(C)=O)c(C)c5c(c4[C@H](CNC(=O)c4cccnc4Cl)N3[C@@H](O)C(C2)N1C)OCO5. The highest BCUT2D eigenvalue weighted by atomic mass is 35.5. The van der Waals surface area contributed by atoms with E-state index in [1.165, 1.54) is 20.2 Å². The number of benzene rings is 2. The summed E-state index contributed by atoms with van der Waals surface area (Å²) in [6.07, 6.45) is 1.34. The number of esters is 1. The van der Waals surface area contributed by atoms with Gasteiger partial charge in [-0.3, -0.25) is 19.4 Å². The zero-order valence-corrected chi connectivity index (χ0v) is 26.8. The van der Waals surface area contributed by atoms with E-state index in [0.29, 0.717) is 52.5 Å². The third-order valence-electron chi connectivity index (χ3n) is 9.80. The number of ether oxygens (including phenoxy) is 4. The van der Waals surface area contributed by atoms with Crippen molar-refractivity contribution >= 4 is 23.5 Å². The van der Waals surface area contributed by atoms with Gasteiger partial charge < -0.3 is 34.5 Å². The molecule has 0 spiro atoms. The third kappa shape index (κ3) is 4.49. The molecule has 5 heterocycles. The number of likely N-dealkylation sites (N-methyl/N-ethyl adjacent to an activating group) is 1. The van der Waals surface area contributed by atoms with Gasteiger partial charge in [0, 0.05) is 48.0 Å². The highest BCUT2D eigenvalue weighted by Gasteiger charge is 2.56. The minimum absolute atomic E-state index is 0.0309. The lowest BCUT2D eigenvalue weighted by atomic mass is 9.73. The molecule has 1 fully saturated rings. The Balaban J connectivity index is 1.42. The lowest BCUT2D eigenvalue weighted by Crippen LogP contribution is -2.69. The summed E-state index contributed by atoms with van der Waals surface area (Å²) >= 11 is 6.25. The number of phenols is 1. The van der Waals surface area contributed by atoms with E-state index in [2.05, 4.69) is 15.2 Å². The van der Waals surface area contributed by atoms with Crippen molar-refractivity contribution in [3.05, 3.63) is 68.5 Å². The quantitative estimate of drug-likeness (QED) is 0.213. The first-order valence-electron chi connectivity index (χ1n) is 15.1. The number of aliphatic hydroxyl groups is 1. The highest BCUT2D eigenvalue weighted by molar-refractivity contribution is 6.32. The molecule has 46 heavy (non-hydrogen) atoms. The second-order valence-electron chi connectivity index (χ2n) is 12.2. The van der Waals surface area contributed by atoms with E-state index in [4.69, 9.17) is 30.5 Å². The number of amides is 1. The topological polar surface area (TPSA) is 143 Å². The predicted molar refractivity (Wildman–Crippen MR) is 166 cm³/mol. The lowest BCUT2D eigenvalue weighted by Gasteiger charge is -2.60. The zero-order valence-electron chi connectivity index (χ0n) is 26.1. The van der Waals surface area contributed by atoms with Crippen LogP contribution in [0.25, 0.3) is 0 Å². The molecule has 0 saturated carbocycles. The van der Waals surface area contributed by atoms with Gasteiger partial charge in [-0.25, -0.2) is 4.98 Å². The van der Waals surface area contributed by atoms with Crippen molar-refractivity contribution in [2.24, 2.45) is 0 Å². The summed E-state index contributed by atoms with van der Waals surface area (Å²) in [6.45, 7) is 5.05. The molecule has 242 valence electrons. The van der Waals surface area contributed by atoms with E-state index in [1.54, 1.807) is 12.1 Å². The number of fused-ring (bicyclic) bond motifs is 9. The molecular formula is C33H35ClN4O8. The highest BCUT2D eigenvalue weighted by Crippen LogP contribution is 2.58. The van der Waals surface area contributed by atoms with E-state index in [9.17, 15) is 19.8 Å². The molecule has 3 aromatic rings. The van der Waals surface area contributed by atoms with E-state index >= 15 is 0 Å². The molecule has 4 aliphatic heterocycles. The first-order valence-corrected chi connectivity index (χ1v) is 15.5. The number of pyridine rings is 1. The largest absolute Gasteiger partial charge is 0.504 e. The van der Waals surface area contributed by atoms with Gasteiger partial charge in [0.2, 0.25) is 6.79 Å². The average Bonchev–Trinajstić information content (AvgIpc) is 3.51. The maximum atomic E-state index is 13.4. The molecule has 13 heteroatoms. The Morgan fingerprint density at radius 1 is 1.15 bits per heavy atom. The Labute approximate surface area is 270 Å². The summed E-state index contributed by atoms with van der Waals surface area (Å²) in [6, 6.07) is 3.43. The van der Waals surface area contributed by atoms with Crippen molar-refractivity contribution in [3.8, 4) is 28.7 Å². The number of aliphatic hydroxyl groups excluding tert-OH is 1. The Hall–Kier alpha value is -4.10. The fourth-order valence-electron chi connectivity index (χ4n) is 7.96. The summed E-state index contributed by atoms with van der Waals surface area (Å²) in [5, 5.41) is 26.9. The smallest absolute Gasteiger partial charge is 0.308 e. The van der Waals surface area contributed by atoms with Crippen LogP contribution in [0.4, 0.5) is 0 Å². The molecule has 4 aliphatic rings. The minimum atomic E-state index is -0.975. The van der Waals surface area contributed by atoms with E-state index in [-0.39, 0.29) is 41.9 Å². The molecule has 5 atom stereocenters. The second kappa shape index (κ2) is 11.3. The number of carbonyl (C=O) groups is 2. The van der Waals surface area contributed by atoms with Crippen molar-refractivity contribution in [2.45, 2.75) is 64.0 Å². The summed E-state index contributed by atoms with van der Waals surface area (Å²) in [7, 11) is 3.47. The fraction of sp³-hybridized carbons (Fsp3) is 0.424. The molecule has 0 radical (unpaired) electrons. The molecule has 1 saturated heterocycles. The number of phenolic OH excluding ortho intramolecular Hbond substituents is 1. The average molecular weight is 651 g/mol. The Bertz CT molecular complexity index is 1780. The van der Waals surface area contributed by atoms with Crippen molar-refractivity contribution in [1.29, 1.82) is 0 Å². The van der Waals surface area contributed by atoms with Gasteiger partial charge in [-0.15, -0.1) is 0 Å². The molecule has 12 nitrogen and oxygen atoms in total. The minimum Gasteiger partial charge on any atom is -0.504 e. The van der Waals surface area contributed by atoms with Crippen LogP contribution in [0.15, 0.2) is 24.4 Å². The van der Waals surface area contributed by atoms with Crippen LogP contribution in [0.2, 0.25) is 5.15 Å². The van der Waals surface area contributed by atoms with Crippen LogP contribution in [0.1, 0.15) is 62.7 Å². The summed E-state index contributed by atoms with van der Waals surface area (Å²) in [5.74, 6) is 0.826. The number of aromatic nitrogens is 1. The number of aromatic hydroxyl groups is 1. The number of nitrogens with zero attached hydrogens (tertiary/aromatic N) is 3. The van der Waals surface area contributed by atoms with Crippen molar-refractivity contribution < 1.29 is 38.7 Å². The Morgan fingerprint density at radius 2 is 1.91 bits per heavy atom. The molecule has 2 bridgehead atoms. The number of methoxy groups -OCH3 is 1. The number of halogens is 1. The van der Waals surface area contributed by atoms with Crippen molar-refractivity contribution in [2.75, 3.05) is 27.5 Å². The third-order valence-corrected chi connectivity index (χ3v) is 10.1. The standard InChI is InChI=1S/C33H35ClN4O8/c1-14-9-17-10-21-33(42)38-20(25(37(21)4)23(17)26(40)27(14)43-5)11-19-24(22(38)12-36-32(41)18-7-6-8-35-31(18)34)30-29(44-13-45-30)15(2)28(19)46-16(3)39/h6-9,20-22,25,33,40,42H,10-13H2,1-5H3,(H,36,41)/t20?,21?,22-,25-,33-/m0/s1. The second-order valence-corrected chi connectivity index (χ2v) is 12.6.